The van der Waals surface area contributed by atoms with E-state index in [1.807, 2.05) is 13.8 Å². The lowest BCUT2D eigenvalue weighted by Gasteiger charge is -2.31. The second-order valence-corrected chi connectivity index (χ2v) is 10.2. The molecule has 0 aromatic carbocycles. The lowest BCUT2D eigenvalue weighted by molar-refractivity contribution is -0.321. The molecule has 3 amide bonds. The van der Waals surface area contributed by atoms with Gasteiger partial charge in [-0.15, -0.1) is 13.2 Å². The van der Waals surface area contributed by atoms with Crippen LogP contribution in [0.1, 0.15) is 52.4 Å². The van der Waals surface area contributed by atoms with Gasteiger partial charge in [0.2, 0.25) is 11.8 Å². The van der Waals surface area contributed by atoms with Crippen molar-refractivity contribution in [2.24, 2.45) is 23.7 Å². The Morgan fingerprint density at radius 2 is 1.94 bits per heavy atom. The standard InChI is InChI=1S/C23H34F3N3O6/c1-12(2)8-17(30)22(34)29-10-14-4-3-5-15(14)19(29)21(33)28-16(9-13-6-7-27-20(13)32)18(31)11-35-23(24,25)26/h12-17,19,30H,3-11H2,1-2H3,(H,27,32)(H,28,33)/t13-,14-,15-,16?,17?,19-/m0/s1. The number of ether oxygens (including phenoxy) is 1. The first-order valence-electron chi connectivity index (χ1n) is 12.2. The monoisotopic (exact) mass is 505 g/mol. The van der Waals surface area contributed by atoms with Crippen molar-refractivity contribution < 1.29 is 42.2 Å². The van der Waals surface area contributed by atoms with Crippen LogP contribution >= 0.6 is 0 Å². The van der Waals surface area contributed by atoms with Crippen molar-refractivity contribution in [3.63, 3.8) is 0 Å². The summed E-state index contributed by atoms with van der Waals surface area (Å²) in [4.78, 5) is 52.4. The van der Waals surface area contributed by atoms with E-state index in [0.29, 0.717) is 25.9 Å². The van der Waals surface area contributed by atoms with E-state index in [4.69, 9.17) is 0 Å². The van der Waals surface area contributed by atoms with Crippen LogP contribution in [-0.2, 0) is 23.9 Å². The Morgan fingerprint density at radius 3 is 2.54 bits per heavy atom. The van der Waals surface area contributed by atoms with Crippen LogP contribution in [0.3, 0.4) is 0 Å². The van der Waals surface area contributed by atoms with Gasteiger partial charge in [-0.25, -0.2) is 0 Å². The number of nitrogens with one attached hydrogen (secondary N) is 2. The van der Waals surface area contributed by atoms with Crippen molar-refractivity contribution in [1.29, 1.82) is 0 Å². The second-order valence-electron chi connectivity index (χ2n) is 10.2. The molecule has 2 heterocycles. The average molecular weight is 506 g/mol. The van der Waals surface area contributed by atoms with Crippen molar-refractivity contribution in [2.75, 3.05) is 19.7 Å². The van der Waals surface area contributed by atoms with E-state index >= 15 is 0 Å². The number of hydrogen-bond donors (Lipinski definition) is 3. The summed E-state index contributed by atoms with van der Waals surface area (Å²) in [5.74, 6) is -3.24. The molecular formula is C23H34F3N3O6. The molecule has 1 saturated carbocycles. The molecule has 3 fully saturated rings. The fourth-order valence-corrected chi connectivity index (χ4v) is 5.54. The Labute approximate surface area is 202 Å². The number of aliphatic hydroxyl groups excluding tert-OH is 1. The molecule has 0 aromatic heterocycles. The number of carbonyl (C=O) groups excluding carboxylic acids is 4. The third kappa shape index (κ3) is 6.93. The van der Waals surface area contributed by atoms with E-state index in [9.17, 15) is 37.5 Å². The minimum atomic E-state index is -5.02. The molecule has 3 N–H and O–H groups in total. The van der Waals surface area contributed by atoms with E-state index < -0.39 is 54.7 Å². The van der Waals surface area contributed by atoms with Crippen LogP contribution in [0.4, 0.5) is 13.2 Å². The minimum Gasteiger partial charge on any atom is -0.383 e. The van der Waals surface area contributed by atoms with Crippen molar-refractivity contribution in [3.05, 3.63) is 0 Å². The topological polar surface area (TPSA) is 125 Å². The zero-order valence-corrected chi connectivity index (χ0v) is 20.0. The van der Waals surface area contributed by atoms with E-state index in [0.717, 1.165) is 12.8 Å². The van der Waals surface area contributed by atoms with Gasteiger partial charge in [-0.3, -0.25) is 23.9 Å². The first-order chi connectivity index (χ1) is 16.4. The zero-order valence-electron chi connectivity index (χ0n) is 20.0. The molecule has 9 nitrogen and oxygen atoms in total. The molecule has 35 heavy (non-hydrogen) atoms. The molecule has 2 aliphatic heterocycles. The average Bonchev–Trinajstić information content (AvgIpc) is 3.46. The first kappa shape index (κ1) is 27.4. The number of likely N-dealkylation sites (tertiary alicyclic amines) is 1. The summed E-state index contributed by atoms with van der Waals surface area (Å²) < 4.78 is 41.2. The molecule has 3 aliphatic rings. The number of ketones is 1. The van der Waals surface area contributed by atoms with Crippen molar-refractivity contribution in [1.82, 2.24) is 15.5 Å². The van der Waals surface area contributed by atoms with Crippen molar-refractivity contribution >= 4 is 23.5 Å². The highest BCUT2D eigenvalue weighted by Gasteiger charge is 2.51. The molecule has 0 bridgehead atoms. The molecule has 2 saturated heterocycles. The zero-order chi connectivity index (χ0) is 25.9. The number of carbonyl (C=O) groups is 4. The largest absolute Gasteiger partial charge is 0.522 e. The summed E-state index contributed by atoms with van der Waals surface area (Å²) in [6.45, 7) is 3.10. The summed E-state index contributed by atoms with van der Waals surface area (Å²) in [5, 5.41) is 15.5. The Hall–Kier alpha value is -2.21. The number of fused-ring (bicyclic) bond motifs is 1. The first-order valence-corrected chi connectivity index (χ1v) is 12.2. The second kappa shape index (κ2) is 11.2. The molecule has 198 valence electrons. The van der Waals surface area contributed by atoms with Gasteiger partial charge in [0.05, 0.1) is 6.04 Å². The van der Waals surface area contributed by atoms with Crippen LogP contribution in [-0.4, -0.2) is 77.8 Å². The van der Waals surface area contributed by atoms with Gasteiger partial charge in [0.1, 0.15) is 18.8 Å². The van der Waals surface area contributed by atoms with E-state index in [2.05, 4.69) is 15.4 Å². The fraction of sp³-hybridized carbons (Fsp3) is 0.826. The minimum absolute atomic E-state index is 0.0523. The Kier molecular flexibility index (Phi) is 8.79. The van der Waals surface area contributed by atoms with Crippen LogP contribution in [0.5, 0.6) is 0 Å². The van der Waals surface area contributed by atoms with Gasteiger partial charge >= 0.3 is 6.36 Å². The van der Waals surface area contributed by atoms with Crippen LogP contribution in [0, 0.1) is 23.7 Å². The van der Waals surface area contributed by atoms with E-state index in [1.54, 1.807) is 0 Å². The van der Waals surface area contributed by atoms with Crippen molar-refractivity contribution in [3.8, 4) is 0 Å². The number of Topliss-reactive ketones (excluding diaryl/α,β-unsaturated/α-hetero) is 1. The predicted molar refractivity (Wildman–Crippen MR) is 116 cm³/mol. The smallest absolute Gasteiger partial charge is 0.383 e. The van der Waals surface area contributed by atoms with Gasteiger partial charge < -0.3 is 20.6 Å². The third-order valence-corrected chi connectivity index (χ3v) is 7.19. The van der Waals surface area contributed by atoms with Crippen LogP contribution in [0.15, 0.2) is 0 Å². The Morgan fingerprint density at radius 1 is 1.23 bits per heavy atom. The maximum absolute atomic E-state index is 13.4. The maximum atomic E-state index is 13.4. The molecule has 6 atom stereocenters. The maximum Gasteiger partial charge on any atom is 0.522 e. The molecule has 0 radical (unpaired) electrons. The number of rotatable bonds is 10. The van der Waals surface area contributed by atoms with Crippen LogP contribution < -0.4 is 10.6 Å². The number of alkyl halides is 3. The summed E-state index contributed by atoms with van der Waals surface area (Å²) in [5.41, 5.74) is 0. The van der Waals surface area contributed by atoms with Crippen LogP contribution in [0.25, 0.3) is 0 Å². The molecule has 0 aromatic rings. The highest BCUT2D eigenvalue weighted by atomic mass is 19.4. The van der Waals surface area contributed by atoms with Gasteiger partial charge in [-0.1, -0.05) is 20.3 Å². The predicted octanol–water partition coefficient (Wildman–Crippen LogP) is 1.14. The van der Waals surface area contributed by atoms with Gasteiger partial charge in [-0.05, 0) is 49.9 Å². The normalized spacial score (nSPS) is 28.1. The molecule has 1 aliphatic carbocycles. The molecule has 3 rings (SSSR count). The van der Waals surface area contributed by atoms with Gasteiger partial charge in [-0.2, -0.15) is 0 Å². The Bertz CT molecular complexity index is 821. The lowest BCUT2D eigenvalue weighted by atomic mass is 9.92. The van der Waals surface area contributed by atoms with Gasteiger partial charge in [0, 0.05) is 19.0 Å². The summed E-state index contributed by atoms with van der Waals surface area (Å²) >= 11 is 0. The SMILES string of the molecule is CC(C)CC(O)C(=O)N1C[C@@H]2CCC[C@@H]2[C@H]1C(=O)NC(C[C@@H]1CCNC1=O)C(=O)COC(F)(F)F. The Balaban J connectivity index is 1.77. The summed E-state index contributed by atoms with van der Waals surface area (Å²) in [6, 6.07) is -2.32. The quantitative estimate of drug-likeness (QED) is 0.409. The number of amides is 3. The summed E-state index contributed by atoms with van der Waals surface area (Å²) in [6.07, 6.45) is -3.46. The van der Waals surface area contributed by atoms with Gasteiger partial charge in [0.15, 0.2) is 5.78 Å². The number of nitrogens with zero attached hydrogens (tertiary/aromatic N) is 1. The molecular weight excluding hydrogens is 471 g/mol. The molecule has 12 heteroatoms. The molecule has 0 spiro atoms. The van der Waals surface area contributed by atoms with Crippen LogP contribution in [0.2, 0.25) is 0 Å². The lowest BCUT2D eigenvalue weighted by Crippen LogP contribution is -2.55. The highest BCUT2D eigenvalue weighted by Crippen LogP contribution is 2.42. The number of halogens is 3. The molecule has 2 unspecified atom stereocenters. The van der Waals surface area contributed by atoms with Gasteiger partial charge in [0.25, 0.3) is 5.91 Å². The highest BCUT2D eigenvalue weighted by molar-refractivity contribution is 5.95. The van der Waals surface area contributed by atoms with E-state index in [1.165, 1.54) is 4.90 Å². The summed E-state index contributed by atoms with van der Waals surface area (Å²) in [7, 11) is 0. The number of aliphatic hydroxyl groups is 1. The number of hydrogen-bond acceptors (Lipinski definition) is 6. The van der Waals surface area contributed by atoms with E-state index in [-0.39, 0.29) is 36.5 Å². The third-order valence-electron chi connectivity index (χ3n) is 7.19. The fourth-order valence-electron chi connectivity index (χ4n) is 5.54. The van der Waals surface area contributed by atoms with Crippen molar-refractivity contribution in [2.45, 2.75) is 76.9 Å².